The van der Waals surface area contributed by atoms with E-state index < -0.39 is 6.04 Å². The first-order chi connectivity index (χ1) is 8.59. The van der Waals surface area contributed by atoms with Gasteiger partial charge in [-0.25, -0.2) is 0 Å². The van der Waals surface area contributed by atoms with E-state index in [2.05, 4.69) is 0 Å². The zero-order valence-electron chi connectivity index (χ0n) is 9.42. The summed E-state index contributed by atoms with van der Waals surface area (Å²) in [6.45, 7) is 0. The Hall–Kier alpha value is -2.40. The van der Waals surface area contributed by atoms with Crippen LogP contribution in [0.1, 0.15) is 17.2 Å². The van der Waals surface area contributed by atoms with Crippen molar-refractivity contribution in [2.75, 3.05) is 5.73 Å². The van der Waals surface area contributed by atoms with Gasteiger partial charge in [-0.05, 0) is 6.07 Å². The van der Waals surface area contributed by atoms with E-state index in [4.69, 9.17) is 16.2 Å². The van der Waals surface area contributed by atoms with Crippen LogP contribution in [0.2, 0.25) is 0 Å². The number of phenolic OH excluding ortho intramolecular Hbond substituents is 2. The topological polar surface area (TPSA) is 102 Å². The number of rotatable bonds is 0. The smallest absolute Gasteiger partial charge is 0.181 e. The standard InChI is InChI=1S/C13H12N2O3/c14-11-6-3-1-2-4-8(6)18-9-5-7(16)13(17)12(15)10(9)11/h1-5,11,16-17H,14-15H2. The van der Waals surface area contributed by atoms with Crippen LogP contribution < -0.4 is 16.2 Å². The summed E-state index contributed by atoms with van der Waals surface area (Å²) >= 11 is 0. The highest BCUT2D eigenvalue weighted by Gasteiger charge is 2.29. The van der Waals surface area contributed by atoms with Gasteiger partial charge in [-0.3, -0.25) is 0 Å². The summed E-state index contributed by atoms with van der Waals surface area (Å²) < 4.78 is 5.63. The van der Waals surface area contributed by atoms with E-state index in [1.165, 1.54) is 6.07 Å². The quantitative estimate of drug-likeness (QED) is 0.418. The van der Waals surface area contributed by atoms with Crippen LogP contribution in [0.3, 0.4) is 0 Å². The molecule has 2 aromatic rings. The molecule has 1 atom stereocenters. The Morgan fingerprint density at radius 3 is 2.61 bits per heavy atom. The fourth-order valence-electron chi connectivity index (χ4n) is 2.18. The van der Waals surface area contributed by atoms with Gasteiger partial charge in [0.25, 0.3) is 0 Å². The van der Waals surface area contributed by atoms with Crippen LogP contribution in [-0.4, -0.2) is 10.2 Å². The molecule has 5 heteroatoms. The fourth-order valence-corrected chi connectivity index (χ4v) is 2.18. The number of benzene rings is 2. The number of hydrogen-bond donors (Lipinski definition) is 4. The van der Waals surface area contributed by atoms with Gasteiger partial charge in [-0.2, -0.15) is 0 Å². The van der Waals surface area contributed by atoms with E-state index in [1.54, 1.807) is 6.07 Å². The molecule has 0 radical (unpaired) electrons. The van der Waals surface area contributed by atoms with Crippen LogP contribution in [0.5, 0.6) is 23.0 Å². The number of fused-ring (bicyclic) bond motifs is 2. The fraction of sp³-hybridized carbons (Fsp3) is 0.0769. The third-order valence-corrected chi connectivity index (χ3v) is 3.11. The highest BCUT2D eigenvalue weighted by atomic mass is 16.5. The molecule has 0 saturated heterocycles. The lowest BCUT2D eigenvalue weighted by Gasteiger charge is -2.27. The molecule has 0 aromatic heterocycles. The Kier molecular flexibility index (Phi) is 2.11. The minimum Gasteiger partial charge on any atom is -0.504 e. The average molecular weight is 244 g/mol. The zero-order chi connectivity index (χ0) is 12.9. The van der Waals surface area contributed by atoms with Gasteiger partial charge in [0.05, 0.1) is 11.7 Å². The maximum absolute atomic E-state index is 9.64. The molecule has 2 aromatic carbocycles. The van der Waals surface area contributed by atoms with Crippen molar-refractivity contribution in [2.45, 2.75) is 6.04 Å². The van der Waals surface area contributed by atoms with Crippen LogP contribution in [-0.2, 0) is 0 Å². The molecule has 0 aliphatic carbocycles. The Balaban J connectivity index is 2.26. The summed E-state index contributed by atoms with van der Waals surface area (Å²) in [7, 11) is 0. The molecule has 18 heavy (non-hydrogen) atoms. The maximum atomic E-state index is 9.64. The van der Waals surface area contributed by atoms with E-state index in [0.717, 1.165) is 5.56 Å². The molecule has 0 spiro atoms. The monoisotopic (exact) mass is 244 g/mol. The van der Waals surface area contributed by atoms with Crippen molar-refractivity contribution in [3.63, 3.8) is 0 Å². The first-order valence-electron chi connectivity index (χ1n) is 5.46. The van der Waals surface area contributed by atoms with Crippen LogP contribution in [0, 0.1) is 0 Å². The van der Waals surface area contributed by atoms with Gasteiger partial charge in [0, 0.05) is 17.2 Å². The van der Waals surface area contributed by atoms with E-state index in [0.29, 0.717) is 17.1 Å². The highest BCUT2D eigenvalue weighted by Crippen LogP contribution is 2.49. The number of anilines is 1. The predicted molar refractivity (Wildman–Crippen MR) is 66.7 cm³/mol. The van der Waals surface area contributed by atoms with Crippen molar-refractivity contribution in [3.05, 3.63) is 41.5 Å². The molecule has 1 aliphatic rings. The van der Waals surface area contributed by atoms with Gasteiger partial charge in [0.1, 0.15) is 11.5 Å². The summed E-state index contributed by atoms with van der Waals surface area (Å²) in [5.41, 5.74) is 13.2. The molecule has 1 unspecified atom stereocenters. The van der Waals surface area contributed by atoms with Crippen molar-refractivity contribution in [1.29, 1.82) is 0 Å². The summed E-state index contributed by atoms with van der Waals surface area (Å²) in [6, 6.07) is 8.14. The zero-order valence-corrected chi connectivity index (χ0v) is 9.42. The third-order valence-electron chi connectivity index (χ3n) is 3.11. The second-order valence-corrected chi connectivity index (χ2v) is 4.19. The molecule has 0 fully saturated rings. The van der Waals surface area contributed by atoms with Crippen molar-refractivity contribution in [2.24, 2.45) is 5.73 Å². The molecule has 6 N–H and O–H groups in total. The van der Waals surface area contributed by atoms with Crippen LogP contribution in [0.4, 0.5) is 5.69 Å². The second-order valence-electron chi connectivity index (χ2n) is 4.19. The maximum Gasteiger partial charge on any atom is 0.181 e. The van der Waals surface area contributed by atoms with Gasteiger partial charge in [-0.15, -0.1) is 0 Å². The SMILES string of the molecule is Nc1c(O)c(O)cc2c1C(N)c1ccccc1O2. The molecule has 92 valence electrons. The van der Waals surface area contributed by atoms with Crippen LogP contribution >= 0.6 is 0 Å². The van der Waals surface area contributed by atoms with Gasteiger partial charge in [0.2, 0.25) is 0 Å². The van der Waals surface area contributed by atoms with Crippen molar-refractivity contribution >= 4 is 5.69 Å². The molecule has 0 bridgehead atoms. The molecular weight excluding hydrogens is 232 g/mol. The Bertz CT molecular complexity index is 640. The van der Waals surface area contributed by atoms with Crippen molar-refractivity contribution < 1.29 is 14.9 Å². The lowest BCUT2D eigenvalue weighted by atomic mass is 9.93. The van der Waals surface area contributed by atoms with Crippen molar-refractivity contribution in [1.82, 2.24) is 0 Å². The first-order valence-corrected chi connectivity index (χ1v) is 5.46. The van der Waals surface area contributed by atoms with Gasteiger partial charge in [-0.1, -0.05) is 18.2 Å². The molecule has 1 heterocycles. The number of nitrogens with two attached hydrogens (primary N) is 2. The lowest BCUT2D eigenvalue weighted by molar-refractivity contribution is 0.393. The van der Waals surface area contributed by atoms with Gasteiger partial charge in [0.15, 0.2) is 11.5 Å². The Labute approximate surface area is 103 Å². The predicted octanol–water partition coefficient (Wildman–Crippen LogP) is 1.83. The molecule has 1 aliphatic heterocycles. The van der Waals surface area contributed by atoms with Gasteiger partial charge >= 0.3 is 0 Å². The molecular formula is C13H12N2O3. The second kappa shape index (κ2) is 3.54. The summed E-state index contributed by atoms with van der Waals surface area (Å²) in [5.74, 6) is 0.306. The molecule has 0 amide bonds. The third kappa shape index (κ3) is 1.31. The van der Waals surface area contributed by atoms with Gasteiger partial charge < -0.3 is 26.4 Å². The number of hydrogen-bond acceptors (Lipinski definition) is 5. The molecule has 0 saturated carbocycles. The number of phenols is 2. The number of para-hydroxylation sites is 1. The molecule has 5 nitrogen and oxygen atoms in total. The largest absolute Gasteiger partial charge is 0.504 e. The summed E-state index contributed by atoms with van der Waals surface area (Å²) in [6.07, 6.45) is 0. The number of nitrogen functional groups attached to an aromatic ring is 1. The van der Waals surface area contributed by atoms with E-state index >= 15 is 0 Å². The number of ether oxygens (including phenoxy) is 1. The van der Waals surface area contributed by atoms with Crippen LogP contribution in [0.15, 0.2) is 30.3 Å². The normalized spacial score (nSPS) is 16.6. The first kappa shape index (κ1) is 10.7. The van der Waals surface area contributed by atoms with Crippen LogP contribution in [0.25, 0.3) is 0 Å². The van der Waals surface area contributed by atoms with E-state index in [9.17, 15) is 10.2 Å². The minimum absolute atomic E-state index is 0.0482. The molecule has 3 rings (SSSR count). The van der Waals surface area contributed by atoms with E-state index in [-0.39, 0.29) is 17.2 Å². The average Bonchev–Trinajstić information content (AvgIpc) is 2.36. The Morgan fingerprint density at radius 2 is 1.83 bits per heavy atom. The van der Waals surface area contributed by atoms with E-state index in [1.807, 2.05) is 18.2 Å². The summed E-state index contributed by atoms with van der Waals surface area (Å²) in [4.78, 5) is 0. The highest BCUT2D eigenvalue weighted by molar-refractivity contribution is 5.72. The van der Waals surface area contributed by atoms with Crippen molar-refractivity contribution in [3.8, 4) is 23.0 Å². The summed E-state index contributed by atoms with van der Waals surface area (Å²) in [5, 5.41) is 19.2. The number of aromatic hydroxyl groups is 2. The minimum atomic E-state index is -0.489. The Morgan fingerprint density at radius 1 is 1.11 bits per heavy atom. The lowest BCUT2D eigenvalue weighted by Crippen LogP contribution is -2.19.